The Hall–Kier alpha value is -3.49. The summed E-state index contributed by atoms with van der Waals surface area (Å²) in [4.78, 5) is 24.6. The summed E-state index contributed by atoms with van der Waals surface area (Å²) < 4.78 is 38.1. The molecule has 3 aromatic carbocycles. The summed E-state index contributed by atoms with van der Waals surface area (Å²) >= 11 is 0. The Kier molecular flexibility index (Phi) is 7.75. The van der Waals surface area contributed by atoms with Gasteiger partial charge >= 0.3 is 5.97 Å². The molecule has 3 rings (SSSR count). The Bertz CT molecular complexity index is 1170. The third kappa shape index (κ3) is 6.26. The summed E-state index contributed by atoms with van der Waals surface area (Å²) in [5, 5.41) is 0. The summed E-state index contributed by atoms with van der Waals surface area (Å²) in [5.74, 6) is -0.529. The molecule has 0 aliphatic carbocycles. The zero-order valence-corrected chi connectivity index (χ0v) is 18.3. The lowest BCUT2D eigenvalue weighted by atomic mass is 10.1. The van der Waals surface area contributed by atoms with Gasteiger partial charge in [0, 0.05) is 12.1 Å². The standard InChI is InChI=1S/C24H23NO6S/c1-2-30-21-13-11-19(12-14-21)23(26)17-31-24(27)20-9-6-10-22(15-20)32(28,29)25-16-18-7-4-3-5-8-18/h3-15,25H,2,16-17H2,1H3. The van der Waals surface area contributed by atoms with E-state index in [1.807, 2.05) is 25.1 Å². The van der Waals surface area contributed by atoms with Crippen LogP contribution in [0.5, 0.6) is 5.75 Å². The molecule has 8 heteroatoms. The van der Waals surface area contributed by atoms with E-state index in [9.17, 15) is 18.0 Å². The number of carbonyl (C=O) groups excluding carboxylic acids is 2. The maximum absolute atomic E-state index is 12.6. The highest BCUT2D eigenvalue weighted by Gasteiger charge is 2.18. The zero-order valence-electron chi connectivity index (χ0n) is 17.5. The summed E-state index contributed by atoms with van der Waals surface area (Å²) in [7, 11) is -3.83. The van der Waals surface area contributed by atoms with Crippen LogP contribution in [0.4, 0.5) is 0 Å². The molecule has 7 nitrogen and oxygen atoms in total. The number of hydrogen-bond acceptors (Lipinski definition) is 6. The van der Waals surface area contributed by atoms with Gasteiger partial charge in [-0.2, -0.15) is 0 Å². The van der Waals surface area contributed by atoms with Crippen LogP contribution in [0.2, 0.25) is 0 Å². The van der Waals surface area contributed by atoms with Gasteiger partial charge in [-0.05, 0) is 55.0 Å². The number of nitrogens with one attached hydrogen (secondary N) is 1. The van der Waals surface area contributed by atoms with Gasteiger partial charge in [-0.25, -0.2) is 17.9 Å². The van der Waals surface area contributed by atoms with Crippen molar-refractivity contribution in [3.8, 4) is 5.75 Å². The number of benzene rings is 3. The molecule has 0 saturated heterocycles. The van der Waals surface area contributed by atoms with Gasteiger partial charge in [0.25, 0.3) is 0 Å². The van der Waals surface area contributed by atoms with Crippen molar-refractivity contribution >= 4 is 21.8 Å². The van der Waals surface area contributed by atoms with Gasteiger partial charge in [-0.15, -0.1) is 0 Å². The number of rotatable bonds is 10. The van der Waals surface area contributed by atoms with E-state index in [4.69, 9.17) is 9.47 Å². The highest BCUT2D eigenvalue weighted by Crippen LogP contribution is 2.15. The van der Waals surface area contributed by atoms with E-state index in [1.165, 1.54) is 24.3 Å². The maximum atomic E-state index is 12.6. The van der Waals surface area contributed by atoms with Gasteiger partial charge in [0.1, 0.15) is 5.75 Å². The number of ketones is 1. The van der Waals surface area contributed by atoms with Crippen molar-refractivity contribution in [2.24, 2.45) is 0 Å². The molecule has 0 atom stereocenters. The molecule has 0 aliphatic rings. The van der Waals surface area contributed by atoms with Crippen molar-refractivity contribution in [3.05, 3.63) is 95.6 Å². The molecule has 0 heterocycles. The minimum absolute atomic E-state index is 0.0343. The van der Waals surface area contributed by atoms with Crippen LogP contribution < -0.4 is 9.46 Å². The fourth-order valence-electron chi connectivity index (χ4n) is 2.85. The number of hydrogen-bond donors (Lipinski definition) is 1. The van der Waals surface area contributed by atoms with E-state index >= 15 is 0 Å². The monoisotopic (exact) mass is 453 g/mol. The van der Waals surface area contributed by atoms with Gasteiger partial charge in [0.05, 0.1) is 17.1 Å². The molecule has 166 valence electrons. The zero-order chi connectivity index (χ0) is 23.0. The van der Waals surface area contributed by atoms with Crippen LogP contribution in [0.25, 0.3) is 0 Å². The predicted molar refractivity (Wildman–Crippen MR) is 119 cm³/mol. The molecule has 1 N–H and O–H groups in total. The topological polar surface area (TPSA) is 98.8 Å². The first kappa shape index (κ1) is 23.2. The first-order valence-electron chi connectivity index (χ1n) is 9.96. The summed E-state index contributed by atoms with van der Waals surface area (Å²) in [6, 6.07) is 21.1. The van der Waals surface area contributed by atoms with Crippen LogP contribution in [-0.4, -0.2) is 33.4 Å². The molecule has 0 saturated carbocycles. The molecule has 0 aliphatic heterocycles. The molecule has 0 spiro atoms. The largest absolute Gasteiger partial charge is 0.494 e. The molecule has 0 amide bonds. The van der Waals surface area contributed by atoms with Gasteiger partial charge in [0.2, 0.25) is 10.0 Å². The summed E-state index contributed by atoms with van der Waals surface area (Å²) in [5.41, 5.74) is 1.22. The van der Waals surface area contributed by atoms with E-state index in [0.717, 1.165) is 5.56 Å². The second kappa shape index (κ2) is 10.7. The van der Waals surface area contributed by atoms with Crippen LogP contribution in [0.3, 0.4) is 0 Å². The van der Waals surface area contributed by atoms with E-state index in [-0.39, 0.29) is 22.8 Å². The molecule has 0 aromatic heterocycles. The van der Waals surface area contributed by atoms with Crippen LogP contribution in [-0.2, 0) is 21.3 Å². The van der Waals surface area contributed by atoms with Gasteiger partial charge in [-0.1, -0.05) is 36.4 Å². The Morgan fingerprint density at radius 3 is 2.28 bits per heavy atom. The molecule has 32 heavy (non-hydrogen) atoms. The lowest BCUT2D eigenvalue weighted by molar-refractivity contribution is 0.0474. The third-order valence-corrected chi connectivity index (χ3v) is 5.91. The van der Waals surface area contributed by atoms with Crippen LogP contribution >= 0.6 is 0 Å². The minimum atomic E-state index is -3.83. The molecule has 0 bridgehead atoms. The lowest BCUT2D eigenvalue weighted by Gasteiger charge is -2.09. The Balaban J connectivity index is 1.61. The Labute approximate surface area is 187 Å². The minimum Gasteiger partial charge on any atom is -0.494 e. The third-order valence-electron chi connectivity index (χ3n) is 4.51. The Morgan fingerprint density at radius 2 is 1.59 bits per heavy atom. The van der Waals surface area contributed by atoms with Crippen molar-refractivity contribution in [1.82, 2.24) is 4.72 Å². The van der Waals surface area contributed by atoms with Crippen LogP contribution in [0.1, 0.15) is 33.2 Å². The molecular weight excluding hydrogens is 430 g/mol. The van der Waals surface area contributed by atoms with Crippen LogP contribution in [0.15, 0.2) is 83.8 Å². The quantitative estimate of drug-likeness (QED) is 0.372. The first-order chi connectivity index (χ1) is 15.4. The molecule has 0 fully saturated rings. The van der Waals surface area contributed by atoms with Gasteiger partial charge in [-0.3, -0.25) is 4.79 Å². The Morgan fingerprint density at radius 1 is 0.875 bits per heavy atom. The number of ether oxygens (including phenoxy) is 2. The first-order valence-corrected chi connectivity index (χ1v) is 11.4. The van der Waals surface area contributed by atoms with Crippen molar-refractivity contribution in [1.29, 1.82) is 0 Å². The SMILES string of the molecule is CCOc1ccc(C(=O)COC(=O)c2cccc(S(=O)(=O)NCc3ccccc3)c2)cc1. The highest BCUT2D eigenvalue weighted by atomic mass is 32.2. The van der Waals surface area contributed by atoms with Gasteiger partial charge in [0.15, 0.2) is 12.4 Å². The average Bonchev–Trinajstić information content (AvgIpc) is 2.82. The lowest BCUT2D eigenvalue weighted by Crippen LogP contribution is -2.23. The van der Waals surface area contributed by atoms with E-state index in [2.05, 4.69) is 4.72 Å². The number of Topliss-reactive ketones (excluding diaryl/α,β-unsaturated/α-hetero) is 1. The normalized spacial score (nSPS) is 11.0. The fraction of sp³-hybridized carbons (Fsp3) is 0.167. The second-order valence-electron chi connectivity index (χ2n) is 6.79. The van der Waals surface area contributed by atoms with Crippen molar-refractivity contribution < 1.29 is 27.5 Å². The average molecular weight is 454 g/mol. The smallest absolute Gasteiger partial charge is 0.338 e. The van der Waals surface area contributed by atoms with E-state index in [0.29, 0.717) is 17.9 Å². The van der Waals surface area contributed by atoms with E-state index in [1.54, 1.807) is 36.4 Å². The second-order valence-corrected chi connectivity index (χ2v) is 8.56. The molecule has 0 unspecified atom stereocenters. The van der Waals surface area contributed by atoms with Gasteiger partial charge < -0.3 is 9.47 Å². The predicted octanol–water partition coefficient (Wildman–Crippen LogP) is 3.60. The molecular formula is C24H23NO6S. The molecule has 0 radical (unpaired) electrons. The highest BCUT2D eigenvalue weighted by molar-refractivity contribution is 7.89. The summed E-state index contributed by atoms with van der Waals surface area (Å²) in [6.45, 7) is 2.03. The molecule has 3 aromatic rings. The fourth-order valence-corrected chi connectivity index (χ4v) is 3.91. The van der Waals surface area contributed by atoms with Crippen molar-refractivity contribution in [3.63, 3.8) is 0 Å². The van der Waals surface area contributed by atoms with E-state index < -0.39 is 22.6 Å². The number of sulfonamides is 1. The number of carbonyl (C=O) groups is 2. The number of esters is 1. The van der Waals surface area contributed by atoms with Crippen molar-refractivity contribution in [2.45, 2.75) is 18.4 Å². The summed E-state index contributed by atoms with van der Waals surface area (Å²) in [6.07, 6.45) is 0. The van der Waals surface area contributed by atoms with Crippen molar-refractivity contribution in [2.75, 3.05) is 13.2 Å². The van der Waals surface area contributed by atoms with Crippen LogP contribution in [0, 0.1) is 0 Å². The maximum Gasteiger partial charge on any atom is 0.338 e.